The maximum absolute atomic E-state index is 6.20. The van der Waals surface area contributed by atoms with Crippen molar-refractivity contribution in [2.45, 2.75) is 19.1 Å². The summed E-state index contributed by atoms with van der Waals surface area (Å²) in [6.07, 6.45) is 6.72. The summed E-state index contributed by atoms with van der Waals surface area (Å²) >= 11 is 0. The molecule has 0 spiro atoms. The molecule has 6 rings (SSSR count). The highest BCUT2D eigenvalue weighted by Gasteiger charge is 2.20. The lowest BCUT2D eigenvalue weighted by molar-refractivity contribution is 0.138. The predicted molar refractivity (Wildman–Crippen MR) is 142 cm³/mol. The molecule has 1 saturated heterocycles. The van der Waals surface area contributed by atoms with Crippen molar-refractivity contribution in [3.05, 3.63) is 103 Å². The molecule has 2 aromatic heterocycles. The summed E-state index contributed by atoms with van der Waals surface area (Å²) in [5.41, 5.74) is 6.36. The standard InChI is InChI=1S/C30H28N4O3/c1-35-29-12-9-24(17-30(29)37-27-14-16-36-21-27)28-13-15-31-34(28)26-10-7-23(8-11-26)25-18-32-33(20-25)19-22-5-3-2-4-6-22/h2-13,15,17-18,20,27H,14,16,19,21H2,1H3/t27-/m1/s1. The summed E-state index contributed by atoms with van der Waals surface area (Å²) in [7, 11) is 1.66. The first-order valence-electron chi connectivity index (χ1n) is 12.4. The smallest absolute Gasteiger partial charge is 0.162 e. The molecule has 3 heterocycles. The second-order valence-corrected chi connectivity index (χ2v) is 9.06. The number of rotatable bonds is 8. The van der Waals surface area contributed by atoms with Gasteiger partial charge in [-0.25, -0.2) is 4.68 Å². The molecule has 1 aliphatic rings. The molecule has 7 heteroatoms. The lowest BCUT2D eigenvalue weighted by Gasteiger charge is -2.16. The molecule has 3 aromatic carbocycles. The molecular weight excluding hydrogens is 464 g/mol. The molecular formula is C30H28N4O3. The maximum atomic E-state index is 6.20. The van der Waals surface area contributed by atoms with Gasteiger partial charge in [0.05, 0.1) is 50.6 Å². The summed E-state index contributed by atoms with van der Waals surface area (Å²) in [6, 6.07) is 26.7. The quantitative estimate of drug-likeness (QED) is 0.281. The van der Waals surface area contributed by atoms with E-state index in [-0.39, 0.29) is 6.10 Å². The van der Waals surface area contributed by atoms with Gasteiger partial charge >= 0.3 is 0 Å². The van der Waals surface area contributed by atoms with Crippen molar-refractivity contribution in [3.63, 3.8) is 0 Å². The van der Waals surface area contributed by atoms with Crippen molar-refractivity contribution in [2.75, 3.05) is 20.3 Å². The van der Waals surface area contributed by atoms with E-state index >= 15 is 0 Å². The van der Waals surface area contributed by atoms with Gasteiger partial charge in [-0.1, -0.05) is 42.5 Å². The largest absolute Gasteiger partial charge is 0.493 e. The van der Waals surface area contributed by atoms with Crippen LogP contribution in [0.25, 0.3) is 28.1 Å². The highest BCUT2D eigenvalue weighted by atomic mass is 16.6. The highest BCUT2D eigenvalue weighted by Crippen LogP contribution is 2.35. The summed E-state index contributed by atoms with van der Waals surface area (Å²) in [4.78, 5) is 0. The molecule has 0 aliphatic carbocycles. The Kier molecular flexibility index (Phi) is 6.44. The Balaban J connectivity index is 1.23. The van der Waals surface area contributed by atoms with Gasteiger partial charge in [0, 0.05) is 23.7 Å². The number of ether oxygens (including phenoxy) is 3. The minimum Gasteiger partial charge on any atom is -0.493 e. The normalized spacial score (nSPS) is 15.1. The van der Waals surface area contributed by atoms with Crippen LogP contribution in [0.4, 0.5) is 0 Å². The third-order valence-corrected chi connectivity index (χ3v) is 6.55. The Morgan fingerprint density at radius 1 is 0.892 bits per heavy atom. The Labute approximate surface area is 215 Å². The molecule has 0 unspecified atom stereocenters. The summed E-state index contributed by atoms with van der Waals surface area (Å²) < 4.78 is 21.1. The maximum Gasteiger partial charge on any atom is 0.162 e. The van der Waals surface area contributed by atoms with Crippen molar-refractivity contribution in [1.29, 1.82) is 0 Å². The van der Waals surface area contributed by atoms with Crippen LogP contribution in [0.1, 0.15) is 12.0 Å². The number of aromatic nitrogens is 4. The number of hydrogen-bond donors (Lipinski definition) is 0. The number of methoxy groups -OCH3 is 1. The molecule has 0 radical (unpaired) electrons. The number of benzene rings is 3. The van der Waals surface area contributed by atoms with Gasteiger partial charge in [0.1, 0.15) is 6.10 Å². The zero-order chi connectivity index (χ0) is 25.0. The van der Waals surface area contributed by atoms with E-state index in [0.717, 1.165) is 47.6 Å². The van der Waals surface area contributed by atoms with Crippen LogP contribution >= 0.6 is 0 Å². The minimum atomic E-state index is 0.0404. The van der Waals surface area contributed by atoms with Crippen molar-refractivity contribution in [1.82, 2.24) is 19.6 Å². The monoisotopic (exact) mass is 492 g/mol. The van der Waals surface area contributed by atoms with E-state index in [4.69, 9.17) is 14.2 Å². The molecule has 0 amide bonds. The summed E-state index contributed by atoms with van der Waals surface area (Å²) in [6.45, 7) is 2.07. The van der Waals surface area contributed by atoms with E-state index in [1.807, 2.05) is 64.2 Å². The van der Waals surface area contributed by atoms with E-state index in [2.05, 4.69) is 52.8 Å². The first kappa shape index (κ1) is 23.1. The zero-order valence-corrected chi connectivity index (χ0v) is 20.7. The van der Waals surface area contributed by atoms with Gasteiger partial charge in [-0.05, 0) is 47.5 Å². The van der Waals surface area contributed by atoms with Gasteiger partial charge in [0.15, 0.2) is 11.5 Å². The Morgan fingerprint density at radius 3 is 2.51 bits per heavy atom. The third kappa shape index (κ3) is 4.99. The average Bonchev–Trinajstić information content (AvgIpc) is 3.72. The highest BCUT2D eigenvalue weighted by molar-refractivity contribution is 5.67. The van der Waals surface area contributed by atoms with Crippen molar-refractivity contribution in [2.24, 2.45) is 0 Å². The molecule has 1 fully saturated rings. The topological polar surface area (TPSA) is 63.3 Å². The Morgan fingerprint density at radius 2 is 1.73 bits per heavy atom. The van der Waals surface area contributed by atoms with Crippen molar-refractivity contribution in [3.8, 4) is 39.6 Å². The minimum absolute atomic E-state index is 0.0404. The molecule has 7 nitrogen and oxygen atoms in total. The molecule has 1 aliphatic heterocycles. The molecule has 0 bridgehead atoms. The fourth-order valence-electron chi connectivity index (χ4n) is 4.61. The SMILES string of the molecule is COc1ccc(-c2ccnn2-c2ccc(-c3cnn(Cc4ccccc4)c3)cc2)cc1O[C@@H]1CCOC1. The van der Waals surface area contributed by atoms with E-state index in [9.17, 15) is 0 Å². The van der Waals surface area contributed by atoms with Crippen molar-refractivity contribution >= 4 is 0 Å². The van der Waals surface area contributed by atoms with Crippen LogP contribution < -0.4 is 9.47 Å². The second-order valence-electron chi connectivity index (χ2n) is 9.06. The van der Waals surface area contributed by atoms with E-state index < -0.39 is 0 Å². The number of hydrogen-bond acceptors (Lipinski definition) is 5. The molecule has 5 aromatic rings. The lowest BCUT2D eigenvalue weighted by Crippen LogP contribution is -2.16. The molecule has 186 valence electrons. The second kappa shape index (κ2) is 10.3. The zero-order valence-electron chi connectivity index (χ0n) is 20.7. The summed E-state index contributed by atoms with van der Waals surface area (Å²) in [5.74, 6) is 1.42. The first-order chi connectivity index (χ1) is 18.3. The molecule has 1 atom stereocenters. The van der Waals surface area contributed by atoms with Gasteiger partial charge in [-0.3, -0.25) is 4.68 Å². The van der Waals surface area contributed by atoms with Crippen LogP contribution in [0.5, 0.6) is 11.5 Å². The van der Waals surface area contributed by atoms with Crippen LogP contribution in [0.2, 0.25) is 0 Å². The van der Waals surface area contributed by atoms with Gasteiger partial charge in [-0.15, -0.1) is 0 Å². The Hall–Kier alpha value is -4.36. The Bertz CT molecular complexity index is 1470. The molecule has 0 saturated carbocycles. The average molecular weight is 493 g/mol. The molecule has 37 heavy (non-hydrogen) atoms. The van der Waals surface area contributed by atoms with Gasteiger partial charge in [0.25, 0.3) is 0 Å². The van der Waals surface area contributed by atoms with Crippen LogP contribution in [0.3, 0.4) is 0 Å². The van der Waals surface area contributed by atoms with Crippen molar-refractivity contribution < 1.29 is 14.2 Å². The van der Waals surface area contributed by atoms with Crippen LogP contribution in [-0.2, 0) is 11.3 Å². The fraction of sp³-hybridized carbons (Fsp3) is 0.200. The third-order valence-electron chi connectivity index (χ3n) is 6.55. The first-order valence-corrected chi connectivity index (χ1v) is 12.4. The number of nitrogens with zero attached hydrogens (tertiary/aromatic N) is 4. The van der Waals surface area contributed by atoms with Crippen LogP contribution in [-0.4, -0.2) is 46.0 Å². The predicted octanol–water partition coefficient (Wildman–Crippen LogP) is 5.63. The fourth-order valence-corrected chi connectivity index (χ4v) is 4.61. The van der Waals surface area contributed by atoms with E-state index in [1.165, 1.54) is 5.56 Å². The van der Waals surface area contributed by atoms with Gasteiger partial charge < -0.3 is 14.2 Å². The van der Waals surface area contributed by atoms with Gasteiger partial charge in [0.2, 0.25) is 0 Å². The van der Waals surface area contributed by atoms with E-state index in [0.29, 0.717) is 18.1 Å². The van der Waals surface area contributed by atoms with Gasteiger partial charge in [-0.2, -0.15) is 10.2 Å². The molecule has 0 N–H and O–H groups in total. The summed E-state index contributed by atoms with van der Waals surface area (Å²) in [5, 5.41) is 9.14. The lowest BCUT2D eigenvalue weighted by atomic mass is 10.1. The van der Waals surface area contributed by atoms with E-state index in [1.54, 1.807) is 7.11 Å². The van der Waals surface area contributed by atoms with Crippen LogP contribution in [0, 0.1) is 0 Å². The van der Waals surface area contributed by atoms with Crippen LogP contribution in [0.15, 0.2) is 97.5 Å².